The molecule has 6 nitrogen and oxygen atoms in total. The average molecular weight is 359 g/mol. The van der Waals surface area contributed by atoms with Gasteiger partial charge in [-0.15, -0.1) is 11.3 Å². The lowest BCUT2D eigenvalue weighted by Gasteiger charge is -2.24. The summed E-state index contributed by atoms with van der Waals surface area (Å²) < 4.78 is 5.35. The quantitative estimate of drug-likeness (QED) is 0.859. The number of hydrogen-bond donors (Lipinski definition) is 1. The lowest BCUT2D eigenvalue weighted by atomic mass is 10.1. The normalized spacial score (nSPS) is 17.0. The van der Waals surface area contributed by atoms with Crippen LogP contribution < -0.4 is 10.1 Å². The summed E-state index contributed by atoms with van der Waals surface area (Å²) in [6, 6.07) is 7.11. The second-order valence-corrected chi connectivity index (χ2v) is 6.93. The zero-order chi connectivity index (χ0) is 17.8. The maximum Gasteiger partial charge on any atom is 0.243 e. The minimum Gasteiger partial charge on any atom is -0.496 e. The molecule has 0 bridgehead atoms. The molecule has 2 heterocycles. The Morgan fingerprint density at radius 2 is 2.24 bits per heavy atom. The molecule has 1 atom stereocenters. The Bertz CT molecular complexity index is 774. The minimum absolute atomic E-state index is 0.00357. The van der Waals surface area contributed by atoms with E-state index in [-0.39, 0.29) is 11.8 Å². The van der Waals surface area contributed by atoms with Crippen LogP contribution in [0.4, 0.5) is 0 Å². The van der Waals surface area contributed by atoms with Crippen LogP contribution in [0.25, 0.3) is 0 Å². The van der Waals surface area contributed by atoms with E-state index in [2.05, 4.69) is 10.3 Å². The molecule has 2 amide bonds. The van der Waals surface area contributed by atoms with Crippen molar-refractivity contribution in [2.75, 3.05) is 7.11 Å². The minimum atomic E-state index is -0.446. The van der Waals surface area contributed by atoms with Gasteiger partial charge in [0.15, 0.2) is 0 Å². The van der Waals surface area contributed by atoms with Crippen molar-refractivity contribution in [2.24, 2.45) is 0 Å². The number of carbonyl (C=O) groups excluding carboxylic acids is 2. The second-order valence-electron chi connectivity index (χ2n) is 5.99. The number of amides is 2. The summed E-state index contributed by atoms with van der Waals surface area (Å²) in [5, 5.41) is 5.72. The largest absolute Gasteiger partial charge is 0.496 e. The number of para-hydroxylation sites is 1. The Balaban J connectivity index is 1.67. The molecule has 3 rings (SSSR count). The molecule has 1 aromatic carbocycles. The summed E-state index contributed by atoms with van der Waals surface area (Å²) in [5.41, 5.74) is 1.84. The third-order valence-electron chi connectivity index (χ3n) is 4.24. The van der Waals surface area contributed by atoms with Gasteiger partial charge >= 0.3 is 0 Å². The van der Waals surface area contributed by atoms with E-state index in [0.717, 1.165) is 22.0 Å². The molecule has 0 aliphatic carbocycles. The topological polar surface area (TPSA) is 71.5 Å². The first-order valence-electron chi connectivity index (χ1n) is 8.18. The first-order chi connectivity index (χ1) is 12.1. The van der Waals surface area contributed by atoms with Gasteiger partial charge in [0, 0.05) is 23.1 Å². The SMILES string of the molecule is COc1ccccc1CN1C(=O)CCC1C(=O)NCc1nc(C)cs1. The van der Waals surface area contributed by atoms with Crippen LogP contribution in [0, 0.1) is 6.92 Å². The number of aromatic nitrogens is 1. The lowest BCUT2D eigenvalue weighted by molar-refractivity contribution is -0.135. The van der Waals surface area contributed by atoms with E-state index in [9.17, 15) is 9.59 Å². The van der Waals surface area contributed by atoms with Gasteiger partial charge < -0.3 is 15.0 Å². The Hall–Kier alpha value is -2.41. The number of aryl methyl sites for hydroxylation is 1. The van der Waals surface area contributed by atoms with E-state index in [1.807, 2.05) is 36.6 Å². The number of nitrogens with one attached hydrogen (secondary N) is 1. The van der Waals surface area contributed by atoms with Gasteiger partial charge in [-0.3, -0.25) is 9.59 Å². The monoisotopic (exact) mass is 359 g/mol. The first kappa shape index (κ1) is 17.4. The van der Waals surface area contributed by atoms with Crippen molar-refractivity contribution in [3.8, 4) is 5.75 Å². The molecule has 0 saturated carbocycles. The molecule has 132 valence electrons. The van der Waals surface area contributed by atoms with E-state index >= 15 is 0 Å². The molecular weight excluding hydrogens is 338 g/mol. The van der Waals surface area contributed by atoms with Crippen LogP contribution in [0.5, 0.6) is 5.75 Å². The molecule has 2 aromatic rings. The number of nitrogens with zero attached hydrogens (tertiary/aromatic N) is 2. The standard InChI is InChI=1S/C18H21N3O3S/c1-12-11-25-16(20-12)9-19-18(23)14-7-8-17(22)21(14)10-13-5-3-4-6-15(13)24-2/h3-6,11,14H,7-10H2,1-2H3,(H,19,23). The summed E-state index contributed by atoms with van der Waals surface area (Å²) in [7, 11) is 1.60. The van der Waals surface area contributed by atoms with Crippen molar-refractivity contribution in [2.45, 2.75) is 38.9 Å². The summed E-state index contributed by atoms with van der Waals surface area (Å²) in [6.07, 6.45) is 0.931. The number of thiazole rings is 1. The number of likely N-dealkylation sites (tertiary alicyclic amines) is 1. The zero-order valence-corrected chi connectivity index (χ0v) is 15.1. The predicted octanol–water partition coefficient (Wildman–Crippen LogP) is 2.27. The van der Waals surface area contributed by atoms with Crippen molar-refractivity contribution in [3.05, 3.63) is 45.9 Å². The van der Waals surface area contributed by atoms with Crippen molar-refractivity contribution in [1.82, 2.24) is 15.2 Å². The smallest absolute Gasteiger partial charge is 0.243 e. The van der Waals surface area contributed by atoms with Gasteiger partial charge in [-0.1, -0.05) is 18.2 Å². The molecule has 1 aliphatic heterocycles. The van der Waals surface area contributed by atoms with E-state index in [1.165, 1.54) is 11.3 Å². The highest BCUT2D eigenvalue weighted by Gasteiger charge is 2.36. The highest BCUT2D eigenvalue weighted by atomic mass is 32.1. The molecule has 0 radical (unpaired) electrons. The highest BCUT2D eigenvalue weighted by molar-refractivity contribution is 7.09. The number of methoxy groups -OCH3 is 1. The van der Waals surface area contributed by atoms with Gasteiger partial charge in [0.1, 0.15) is 16.8 Å². The van der Waals surface area contributed by atoms with Crippen LogP contribution in [-0.4, -0.2) is 34.8 Å². The van der Waals surface area contributed by atoms with E-state index in [0.29, 0.717) is 25.9 Å². The van der Waals surface area contributed by atoms with Crippen molar-refractivity contribution in [1.29, 1.82) is 0 Å². The fourth-order valence-corrected chi connectivity index (χ4v) is 3.70. The predicted molar refractivity (Wildman–Crippen MR) is 95.3 cm³/mol. The second kappa shape index (κ2) is 7.65. The average Bonchev–Trinajstić information content (AvgIpc) is 3.19. The van der Waals surface area contributed by atoms with Crippen LogP contribution in [0.2, 0.25) is 0 Å². The zero-order valence-electron chi connectivity index (χ0n) is 14.3. The van der Waals surface area contributed by atoms with Crippen LogP contribution in [0.3, 0.4) is 0 Å². The number of carbonyl (C=O) groups is 2. The molecule has 1 fully saturated rings. The summed E-state index contributed by atoms with van der Waals surface area (Å²) in [6.45, 7) is 2.69. The van der Waals surface area contributed by atoms with Gasteiger partial charge in [0.05, 0.1) is 20.2 Å². The Morgan fingerprint density at radius 3 is 2.96 bits per heavy atom. The number of ether oxygens (including phenoxy) is 1. The first-order valence-corrected chi connectivity index (χ1v) is 9.06. The fraction of sp³-hybridized carbons (Fsp3) is 0.389. The van der Waals surface area contributed by atoms with Gasteiger partial charge in [-0.2, -0.15) is 0 Å². The molecular formula is C18H21N3O3S. The third-order valence-corrected chi connectivity index (χ3v) is 5.21. The molecule has 1 aromatic heterocycles. The van der Waals surface area contributed by atoms with Crippen molar-refractivity contribution < 1.29 is 14.3 Å². The molecule has 7 heteroatoms. The highest BCUT2D eigenvalue weighted by Crippen LogP contribution is 2.26. The van der Waals surface area contributed by atoms with Crippen LogP contribution in [-0.2, 0) is 22.7 Å². The summed E-state index contributed by atoms with van der Waals surface area (Å²) >= 11 is 1.52. The maximum atomic E-state index is 12.6. The third kappa shape index (κ3) is 3.99. The van der Waals surface area contributed by atoms with Crippen molar-refractivity contribution in [3.63, 3.8) is 0 Å². The van der Waals surface area contributed by atoms with E-state index < -0.39 is 6.04 Å². The number of rotatable bonds is 6. The molecule has 1 N–H and O–H groups in total. The van der Waals surface area contributed by atoms with Crippen LogP contribution in [0.15, 0.2) is 29.6 Å². The Labute approximate surface area is 150 Å². The van der Waals surface area contributed by atoms with Crippen LogP contribution in [0.1, 0.15) is 29.1 Å². The molecule has 25 heavy (non-hydrogen) atoms. The number of benzene rings is 1. The Morgan fingerprint density at radius 1 is 1.44 bits per heavy atom. The summed E-state index contributed by atoms with van der Waals surface area (Å²) in [5.74, 6) is 0.587. The van der Waals surface area contributed by atoms with Crippen molar-refractivity contribution >= 4 is 23.2 Å². The maximum absolute atomic E-state index is 12.6. The molecule has 0 spiro atoms. The Kier molecular flexibility index (Phi) is 5.33. The fourth-order valence-electron chi connectivity index (χ4n) is 2.99. The lowest BCUT2D eigenvalue weighted by Crippen LogP contribution is -2.44. The van der Waals surface area contributed by atoms with E-state index in [1.54, 1.807) is 12.0 Å². The van der Waals surface area contributed by atoms with E-state index in [4.69, 9.17) is 4.74 Å². The van der Waals surface area contributed by atoms with Crippen LogP contribution >= 0.6 is 11.3 Å². The summed E-state index contributed by atoms with van der Waals surface area (Å²) in [4.78, 5) is 30.8. The molecule has 1 saturated heterocycles. The molecule has 1 aliphatic rings. The van der Waals surface area contributed by atoms with Gasteiger partial charge in [0.25, 0.3) is 0 Å². The van der Waals surface area contributed by atoms with Gasteiger partial charge in [-0.05, 0) is 19.4 Å². The van der Waals surface area contributed by atoms with Gasteiger partial charge in [0.2, 0.25) is 11.8 Å². The van der Waals surface area contributed by atoms with Gasteiger partial charge in [-0.25, -0.2) is 4.98 Å². The number of hydrogen-bond acceptors (Lipinski definition) is 5. The molecule has 1 unspecified atom stereocenters.